The van der Waals surface area contributed by atoms with E-state index in [0.717, 1.165) is 5.56 Å². The smallest absolute Gasteiger partial charge is 0.290 e. The maximum Gasteiger partial charge on any atom is 0.290 e. The molecule has 0 saturated carbocycles. The van der Waals surface area contributed by atoms with Gasteiger partial charge in [0.1, 0.15) is 28.8 Å². The zero-order valence-electron chi connectivity index (χ0n) is 47.2. The lowest BCUT2D eigenvalue weighted by Crippen LogP contribution is -2.40. The quantitative estimate of drug-likeness (QED) is 0.123. The number of likely N-dealkylation sites (N-methyl/N-ethyl adjacent to an activating group) is 1. The van der Waals surface area contributed by atoms with Crippen LogP contribution in [0.1, 0.15) is 108 Å². The van der Waals surface area contributed by atoms with Crippen LogP contribution < -0.4 is 21.8 Å². The summed E-state index contributed by atoms with van der Waals surface area (Å²) in [5.41, 5.74) is 3.22. The van der Waals surface area contributed by atoms with Crippen molar-refractivity contribution in [3.63, 3.8) is 0 Å². The van der Waals surface area contributed by atoms with Crippen LogP contribution in [-0.2, 0) is 26.7 Å². The number of amides is 3. The fraction of sp³-hybridized carbons (Fsp3) is 0.431. The van der Waals surface area contributed by atoms with Gasteiger partial charge in [-0.15, -0.1) is 0 Å². The van der Waals surface area contributed by atoms with Crippen molar-refractivity contribution in [2.45, 2.75) is 88.5 Å². The molecule has 2 N–H and O–H groups in total. The second-order valence-electron chi connectivity index (χ2n) is 20.0. The van der Waals surface area contributed by atoms with E-state index in [1.165, 1.54) is 34.9 Å². The van der Waals surface area contributed by atoms with Gasteiger partial charge in [0.05, 0.1) is 60.5 Å². The third-order valence-corrected chi connectivity index (χ3v) is 12.3. The van der Waals surface area contributed by atoms with Crippen LogP contribution in [0.25, 0.3) is 27.7 Å². The number of morpholine rings is 2. The average molecular weight is 1060 g/mol. The summed E-state index contributed by atoms with van der Waals surface area (Å²) in [7, 11) is 3.30. The second-order valence-corrected chi connectivity index (χ2v) is 20.0. The summed E-state index contributed by atoms with van der Waals surface area (Å²) >= 11 is 0. The first-order valence-corrected chi connectivity index (χ1v) is 26.2. The normalized spacial score (nSPS) is 13.7. The molecule has 2 saturated heterocycles. The number of hydrogen-bond donors (Lipinski definition) is 2. The van der Waals surface area contributed by atoms with Crippen molar-refractivity contribution in [1.82, 2.24) is 44.2 Å². The Morgan fingerprint density at radius 3 is 1.83 bits per heavy atom. The molecule has 0 spiro atoms. The summed E-state index contributed by atoms with van der Waals surface area (Å²) in [6.45, 7) is 28.8. The van der Waals surface area contributed by atoms with E-state index < -0.39 is 11.4 Å². The standard InChI is InChI=1S/C34H34FN7O4.C20H30N4O3.2C2H6/c1-20-24(7-6-8-28(20)42-33(45)30-22(19-37-42)15-23(16-25(30)35)34(2,3)4)26-17-27(32(44)40(5)39-26)38-29-10-9-21(18-36-29)31(43)41-11-13-46-14-12-41;1-6-23(5)19(26)16(13-20(2,3)4)22-17-8-7-15(14-21-17)18(25)24-9-11-27-12-10-24;2*1-2/h6-10,15-19H,11-14H2,1-5H3,(H,36,38);7-8,13-14H,6,9-12H2,1-5H3,(H,21,22);2*1-2H3/b;16-13+;;. The molecular formula is C58H76FN11O7. The van der Waals surface area contributed by atoms with Crippen molar-refractivity contribution in [2.24, 2.45) is 12.5 Å². The third kappa shape index (κ3) is 15.3. The van der Waals surface area contributed by atoms with Crippen molar-refractivity contribution < 1.29 is 28.2 Å². The molecule has 2 aliphatic heterocycles. The Hall–Kier alpha value is -7.64. The first kappa shape index (κ1) is 60.2. The van der Waals surface area contributed by atoms with Gasteiger partial charge in [0.15, 0.2) is 0 Å². The SMILES string of the molecule is CC.CC.CCN(C)C(=O)/C(=C\C(C)(C)C)Nc1ccc(C(=O)N2CCOCC2)cn1.Cc1c(-c2cc(Nc3ccc(C(=O)N4CCOCC4)cn3)c(=O)n(C)n2)cccc1-n1ncc2cc(C(C)(C)C)cc(F)c2c1=O. The minimum atomic E-state index is -0.597. The number of carbonyl (C=O) groups is 3. The van der Waals surface area contributed by atoms with Gasteiger partial charge < -0.3 is 34.8 Å². The molecule has 8 rings (SSSR count). The number of halogens is 1. The minimum Gasteiger partial charge on any atom is -0.378 e. The molecule has 6 heterocycles. The number of rotatable bonds is 10. The fourth-order valence-corrected chi connectivity index (χ4v) is 8.09. The number of aromatic nitrogens is 6. The number of benzene rings is 2. The van der Waals surface area contributed by atoms with Crippen LogP contribution in [0, 0.1) is 18.2 Å². The van der Waals surface area contributed by atoms with Crippen LogP contribution in [0.4, 0.5) is 21.7 Å². The van der Waals surface area contributed by atoms with Gasteiger partial charge in [0.2, 0.25) is 0 Å². The Labute approximate surface area is 451 Å². The maximum atomic E-state index is 15.3. The topological polar surface area (TPSA) is 199 Å². The highest BCUT2D eigenvalue weighted by Gasteiger charge is 2.24. The lowest BCUT2D eigenvalue weighted by molar-refractivity contribution is -0.125. The molecule has 19 heteroatoms. The van der Waals surface area contributed by atoms with E-state index in [-0.39, 0.29) is 45.2 Å². The molecule has 2 fully saturated rings. The molecule has 2 aromatic carbocycles. The van der Waals surface area contributed by atoms with E-state index in [1.807, 2.05) is 95.2 Å². The summed E-state index contributed by atoms with van der Waals surface area (Å²) in [6.07, 6.45) is 6.42. The first-order valence-electron chi connectivity index (χ1n) is 26.2. The zero-order valence-corrected chi connectivity index (χ0v) is 47.2. The number of fused-ring (bicyclic) bond motifs is 1. The van der Waals surface area contributed by atoms with Gasteiger partial charge in [-0.1, -0.05) is 81.4 Å². The van der Waals surface area contributed by atoms with E-state index in [4.69, 9.17) is 9.47 Å². The predicted molar refractivity (Wildman–Crippen MR) is 302 cm³/mol. The maximum absolute atomic E-state index is 15.3. The van der Waals surface area contributed by atoms with Crippen LogP contribution in [0.3, 0.4) is 0 Å². The number of anilines is 3. The van der Waals surface area contributed by atoms with Crippen LogP contribution >= 0.6 is 0 Å². The van der Waals surface area contributed by atoms with Crippen molar-refractivity contribution >= 4 is 45.8 Å². The van der Waals surface area contributed by atoms with Crippen molar-refractivity contribution in [3.05, 3.63) is 140 Å². The lowest BCUT2D eigenvalue weighted by Gasteiger charge is -2.26. The number of carbonyl (C=O) groups excluding carboxylic acids is 3. The molecule has 0 bridgehead atoms. The molecule has 6 aromatic rings. The molecule has 0 aliphatic carbocycles. The predicted octanol–water partition coefficient (Wildman–Crippen LogP) is 8.93. The molecule has 0 radical (unpaired) electrons. The Morgan fingerprint density at radius 2 is 1.32 bits per heavy atom. The van der Waals surface area contributed by atoms with E-state index in [0.29, 0.717) is 116 Å². The van der Waals surface area contributed by atoms with Gasteiger partial charge >= 0.3 is 0 Å². The number of pyridine rings is 2. The summed E-state index contributed by atoms with van der Waals surface area (Å²) in [5, 5.41) is 15.4. The molecule has 18 nitrogen and oxygen atoms in total. The summed E-state index contributed by atoms with van der Waals surface area (Å²) in [6, 6.07) is 16.9. The van der Waals surface area contributed by atoms with E-state index >= 15 is 4.39 Å². The molecule has 0 unspecified atom stereocenters. The van der Waals surface area contributed by atoms with Gasteiger partial charge in [0.25, 0.3) is 28.8 Å². The number of ether oxygens (including phenoxy) is 2. The van der Waals surface area contributed by atoms with Crippen LogP contribution in [0.2, 0.25) is 0 Å². The average Bonchev–Trinajstić information content (AvgIpc) is 3.44. The van der Waals surface area contributed by atoms with Crippen molar-refractivity contribution in [2.75, 3.05) is 76.8 Å². The Bertz CT molecular complexity index is 3150. The monoisotopic (exact) mass is 1060 g/mol. The molecular weight excluding hydrogens is 982 g/mol. The molecule has 412 valence electrons. The van der Waals surface area contributed by atoms with Gasteiger partial charge in [0, 0.05) is 70.2 Å². The van der Waals surface area contributed by atoms with E-state index in [2.05, 4.69) is 30.8 Å². The minimum absolute atomic E-state index is 0.0373. The lowest BCUT2D eigenvalue weighted by atomic mass is 9.86. The molecule has 77 heavy (non-hydrogen) atoms. The molecule has 2 aliphatic rings. The first-order chi connectivity index (χ1) is 36.6. The second kappa shape index (κ2) is 26.9. The number of aryl methyl sites for hydroxylation is 1. The van der Waals surface area contributed by atoms with Gasteiger partial charge in [-0.3, -0.25) is 24.0 Å². The fourth-order valence-electron chi connectivity index (χ4n) is 8.09. The number of nitrogens with one attached hydrogen (secondary N) is 2. The van der Waals surface area contributed by atoms with E-state index in [1.54, 1.807) is 76.5 Å². The third-order valence-electron chi connectivity index (χ3n) is 12.3. The van der Waals surface area contributed by atoms with Crippen LogP contribution in [-0.4, -0.2) is 128 Å². The van der Waals surface area contributed by atoms with E-state index in [9.17, 15) is 24.0 Å². The highest BCUT2D eigenvalue weighted by molar-refractivity contribution is 5.97. The molecule has 3 amide bonds. The molecule has 0 atom stereocenters. The zero-order chi connectivity index (χ0) is 56.8. The summed E-state index contributed by atoms with van der Waals surface area (Å²) in [4.78, 5) is 78.3. The number of hydrogen-bond acceptors (Lipinski definition) is 13. The molecule has 4 aromatic heterocycles. The number of allylic oxidation sites excluding steroid dienone is 1. The van der Waals surface area contributed by atoms with Crippen molar-refractivity contribution in [3.8, 4) is 16.9 Å². The highest BCUT2D eigenvalue weighted by atomic mass is 19.1. The van der Waals surface area contributed by atoms with Gasteiger partial charge in [-0.2, -0.15) is 14.9 Å². The Morgan fingerprint density at radius 1 is 0.766 bits per heavy atom. The summed E-state index contributed by atoms with van der Waals surface area (Å²) < 4.78 is 28.3. The number of nitrogens with zero attached hydrogens (tertiary/aromatic N) is 9. The van der Waals surface area contributed by atoms with Crippen molar-refractivity contribution in [1.29, 1.82) is 0 Å². The van der Waals surface area contributed by atoms with Crippen LogP contribution in [0.5, 0.6) is 0 Å². The largest absolute Gasteiger partial charge is 0.378 e. The Balaban J connectivity index is 0.000000301. The van der Waals surface area contributed by atoms with Crippen LogP contribution in [0.15, 0.2) is 101 Å². The highest BCUT2D eigenvalue weighted by Crippen LogP contribution is 2.30. The summed E-state index contributed by atoms with van der Waals surface area (Å²) in [5.74, 6) is 0.0353. The van der Waals surface area contributed by atoms with Gasteiger partial charge in [-0.25, -0.2) is 19.0 Å². The Kier molecular flexibility index (Phi) is 21.0. The van der Waals surface area contributed by atoms with Gasteiger partial charge in [-0.05, 0) is 90.4 Å².